The summed E-state index contributed by atoms with van der Waals surface area (Å²) < 4.78 is 113. The first-order valence-corrected chi connectivity index (χ1v) is 22.3. The van der Waals surface area contributed by atoms with Crippen molar-refractivity contribution in [3.8, 4) is 22.5 Å². The van der Waals surface area contributed by atoms with Gasteiger partial charge in [0.25, 0.3) is 0 Å². The second kappa shape index (κ2) is 24.2. The van der Waals surface area contributed by atoms with E-state index in [1.807, 2.05) is 0 Å². The van der Waals surface area contributed by atoms with Gasteiger partial charge in [-0.05, 0) is 85.1 Å². The molecule has 72 heavy (non-hydrogen) atoms. The Morgan fingerprint density at radius 3 is 1.38 bits per heavy atom. The minimum atomic E-state index is -4.67. The van der Waals surface area contributed by atoms with Gasteiger partial charge < -0.3 is 20.3 Å². The van der Waals surface area contributed by atoms with E-state index in [1.54, 1.807) is 47.6 Å². The van der Waals surface area contributed by atoms with Crippen LogP contribution in [0.5, 0.6) is 0 Å². The van der Waals surface area contributed by atoms with Crippen molar-refractivity contribution in [3.63, 3.8) is 0 Å². The van der Waals surface area contributed by atoms with E-state index >= 15 is 0 Å². The topological polar surface area (TPSA) is 217 Å². The van der Waals surface area contributed by atoms with Crippen molar-refractivity contribution in [2.75, 3.05) is 0 Å². The van der Waals surface area contributed by atoms with Gasteiger partial charge in [0, 0.05) is 74.1 Å². The number of hydrogen-bond donors (Lipinski definition) is 2. The summed E-state index contributed by atoms with van der Waals surface area (Å²) in [6.45, 7) is 13.3. The smallest absolute Gasteiger partial charge is 0.451 e. The number of aromatic nitrogens is 6. The molecule has 6 rings (SSSR count). The lowest BCUT2D eigenvalue weighted by Crippen LogP contribution is -2.47. The fourth-order valence-electron chi connectivity index (χ4n) is 6.95. The summed E-state index contributed by atoms with van der Waals surface area (Å²) in [5.41, 5.74) is 6.40. The summed E-state index contributed by atoms with van der Waals surface area (Å²) in [5, 5.41) is 9.60. The number of aliphatic carboxylic acids is 1. The van der Waals surface area contributed by atoms with E-state index < -0.39 is 89.9 Å². The Kier molecular flexibility index (Phi) is 20.3. The molecule has 2 saturated heterocycles. The van der Waals surface area contributed by atoms with E-state index in [-0.39, 0.29) is 61.7 Å². The van der Waals surface area contributed by atoms with Gasteiger partial charge >= 0.3 is 30.5 Å². The van der Waals surface area contributed by atoms with Crippen LogP contribution in [0.3, 0.4) is 0 Å². The fraction of sp³-hybridized carbons (Fsp3) is 0.522. The number of alkyl halides is 8. The zero-order valence-corrected chi connectivity index (χ0v) is 41.0. The summed E-state index contributed by atoms with van der Waals surface area (Å²) in [5.74, 6) is -4.02. The number of amides is 2. The summed E-state index contributed by atoms with van der Waals surface area (Å²) in [6.07, 6.45) is -6.84. The number of rotatable bonds is 8. The first kappa shape index (κ1) is 60.4. The number of halogens is 10. The molecule has 26 heteroatoms. The van der Waals surface area contributed by atoms with Crippen LogP contribution in [0.2, 0.25) is 10.0 Å². The highest BCUT2D eigenvalue weighted by molar-refractivity contribution is 6.31. The highest BCUT2D eigenvalue weighted by Gasteiger charge is 2.48. The lowest BCUT2D eigenvalue weighted by molar-refractivity contribution is -0.145. The molecular weight excluding hydrogens is 1010 g/mol. The van der Waals surface area contributed by atoms with E-state index in [0.29, 0.717) is 27.4 Å². The fourth-order valence-corrected chi connectivity index (χ4v) is 7.33. The number of carbonyl (C=O) groups is 4. The van der Waals surface area contributed by atoms with Gasteiger partial charge in [0.15, 0.2) is 5.78 Å². The Morgan fingerprint density at radius 1 is 0.653 bits per heavy atom. The summed E-state index contributed by atoms with van der Waals surface area (Å²) >= 11 is 12.1. The first-order valence-electron chi connectivity index (χ1n) is 21.6. The molecular formula is C46H55Cl2F8N9O7. The van der Waals surface area contributed by atoms with Crippen LogP contribution in [0.4, 0.5) is 44.7 Å². The van der Waals surface area contributed by atoms with Crippen LogP contribution in [-0.4, -0.2) is 116 Å². The standard InChI is InChI=1S/C23H25ClF4N4O3.C11H8ClF3N4.C11H18FNO4.CH4/c1-12-16(25)8-18(32(12)21(34)35-22(2,3)4)19(33)6-5-13-7-17(29-11-15(13)24)14-9-30-20(31-10-14)23(26,27)28;12-8-5-17-9(1-6(8)2-16)7-3-18-10(19-4-7)11(13,14)15;1-6-7(12)5-8(9(14)15)13(6)10(16)17-11(2,3)4;/h7,9-12,16,18H,5-6,8H2,1-4H3;1,3-5H,2,16H2;6-8H,5H2,1-4H3,(H,14,15);1H4/t12-,16+,18-;;6-,7+,8-;/m0.0./s1. The number of likely N-dealkylation sites (tertiary alicyclic amines) is 2. The van der Waals surface area contributed by atoms with Gasteiger partial charge in [0.05, 0.1) is 39.6 Å². The number of carboxylic acids is 1. The molecule has 0 radical (unpaired) electrons. The number of pyridine rings is 2. The van der Waals surface area contributed by atoms with Gasteiger partial charge in [-0.3, -0.25) is 24.6 Å². The first-order chi connectivity index (χ1) is 32.7. The zero-order chi connectivity index (χ0) is 53.6. The van der Waals surface area contributed by atoms with Crippen LogP contribution >= 0.6 is 23.2 Å². The zero-order valence-electron chi connectivity index (χ0n) is 39.4. The number of ketones is 1. The third kappa shape index (κ3) is 16.3. The molecule has 2 amide bonds. The lowest BCUT2D eigenvalue weighted by atomic mass is 10.0. The van der Waals surface area contributed by atoms with Crippen LogP contribution in [0.25, 0.3) is 22.5 Å². The maximum absolute atomic E-state index is 14.4. The molecule has 0 aromatic carbocycles. The van der Waals surface area contributed by atoms with Crippen LogP contribution in [0.15, 0.2) is 49.3 Å². The molecule has 0 unspecified atom stereocenters. The van der Waals surface area contributed by atoms with Crippen molar-refractivity contribution in [1.82, 2.24) is 39.7 Å². The number of nitrogens with two attached hydrogens (primary N) is 1. The lowest BCUT2D eigenvalue weighted by Gasteiger charge is -2.30. The molecule has 2 aliphatic rings. The molecule has 6 heterocycles. The predicted molar refractivity (Wildman–Crippen MR) is 248 cm³/mol. The minimum absolute atomic E-state index is 0. The largest absolute Gasteiger partial charge is 0.480 e. The maximum atomic E-state index is 14.4. The number of ether oxygens (including phenoxy) is 2. The summed E-state index contributed by atoms with van der Waals surface area (Å²) in [6, 6.07) is -0.579. The number of nitrogens with zero attached hydrogens (tertiary/aromatic N) is 8. The Bertz CT molecular complexity index is 2510. The molecule has 16 nitrogen and oxygen atoms in total. The SMILES string of the molecule is C.C[C@H]1[C@H](F)C[C@@H](C(=O)CCc2cc(-c3cnc(C(F)(F)F)nc3)ncc2Cl)N1C(=O)OC(C)(C)C.C[C@H]1[C@H](F)C[C@@H](C(=O)O)N1C(=O)OC(C)(C)C.NCc1cc(-c2cnc(C(F)(F)F)nc2)ncc1Cl. The van der Waals surface area contributed by atoms with Gasteiger partial charge in [-0.25, -0.2) is 43.1 Å². The van der Waals surface area contributed by atoms with Gasteiger partial charge in [0.2, 0.25) is 11.6 Å². The number of hydrogen-bond acceptors (Lipinski definition) is 13. The summed E-state index contributed by atoms with van der Waals surface area (Å²) in [7, 11) is 0. The summed E-state index contributed by atoms with van der Waals surface area (Å²) in [4.78, 5) is 71.8. The monoisotopic (exact) mass is 1070 g/mol. The van der Waals surface area contributed by atoms with Crippen LogP contribution < -0.4 is 5.73 Å². The molecule has 0 bridgehead atoms. The van der Waals surface area contributed by atoms with Crippen molar-refractivity contribution >= 4 is 47.1 Å². The van der Waals surface area contributed by atoms with Crippen molar-refractivity contribution in [2.45, 2.75) is 155 Å². The number of aryl methyl sites for hydroxylation is 1. The second-order valence-corrected chi connectivity index (χ2v) is 19.0. The van der Waals surface area contributed by atoms with Crippen molar-refractivity contribution in [2.24, 2.45) is 5.73 Å². The van der Waals surface area contributed by atoms with Crippen LogP contribution in [-0.2, 0) is 44.4 Å². The minimum Gasteiger partial charge on any atom is -0.480 e. The quantitative estimate of drug-likeness (QED) is 0.157. The average molecular weight is 1070 g/mol. The Hall–Kier alpha value is -5.88. The van der Waals surface area contributed by atoms with Crippen molar-refractivity contribution in [1.29, 1.82) is 0 Å². The number of carbonyl (C=O) groups excluding carboxylic acids is 3. The molecule has 0 aliphatic carbocycles. The number of Topliss-reactive ketones (excluding diaryl/α,β-unsaturated/α-hetero) is 1. The van der Waals surface area contributed by atoms with E-state index in [2.05, 4.69) is 29.9 Å². The normalized spacial score (nSPS) is 20.0. The van der Waals surface area contributed by atoms with E-state index in [1.165, 1.54) is 32.3 Å². The highest BCUT2D eigenvalue weighted by atomic mass is 35.5. The van der Waals surface area contributed by atoms with Gasteiger partial charge in [-0.2, -0.15) is 26.3 Å². The molecule has 4 aromatic rings. The van der Waals surface area contributed by atoms with Gasteiger partial charge in [-0.1, -0.05) is 30.6 Å². The predicted octanol–water partition coefficient (Wildman–Crippen LogP) is 10.6. The Labute approximate surface area is 420 Å². The molecule has 4 aromatic heterocycles. The Balaban J connectivity index is 0.000000312. The van der Waals surface area contributed by atoms with Gasteiger partial charge in [0.1, 0.15) is 29.6 Å². The van der Waals surface area contributed by atoms with E-state index in [4.69, 9.17) is 43.5 Å². The maximum Gasteiger partial charge on any atom is 0.451 e. The van der Waals surface area contributed by atoms with Gasteiger partial charge in [-0.15, -0.1) is 0 Å². The van der Waals surface area contributed by atoms with E-state index in [0.717, 1.165) is 34.6 Å². The van der Waals surface area contributed by atoms with E-state index in [9.17, 15) is 54.3 Å². The third-order valence-electron chi connectivity index (χ3n) is 10.5. The number of carboxylic acid groups (broad SMARTS) is 1. The molecule has 2 aliphatic heterocycles. The molecule has 6 atom stereocenters. The van der Waals surface area contributed by atoms with Crippen LogP contribution in [0.1, 0.15) is 105 Å². The molecule has 2 fully saturated rings. The third-order valence-corrected chi connectivity index (χ3v) is 11.2. The Morgan fingerprint density at radius 2 is 1.01 bits per heavy atom. The molecule has 0 spiro atoms. The highest BCUT2D eigenvalue weighted by Crippen LogP contribution is 2.33. The van der Waals surface area contributed by atoms with Crippen LogP contribution in [0, 0.1) is 0 Å². The average Bonchev–Trinajstić information content (AvgIpc) is 3.75. The molecule has 3 N–H and O–H groups in total. The second-order valence-electron chi connectivity index (χ2n) is 18.2. The van der Waals surface area contributed by atoms with Crippen molar-refractivity contribution in [3.05, 3.63) is 82.1 Å². The van der Waals surface area contributed by atoms with Crippen molar-refractivity contribution < 1.29 is 68.9 Å². The molecule has 396 valence electrons. The molecule has 0 saturated carbocycles.